The highest BCUT2D eigenvalue weighted by Gasteiger charge is 2.22. The third kappa shape index (κ3) is 4.59. The van der Waals surface area contributed by atoms with E-state index in [9.17, 15) is 9.59 Å². The first-order valence-corrected chi connectivity index (χ1v) is 10.1. The van der Waals surface area contributed by atoms with E-state index < -0.39 is 0 Å². The molecule has 0 fully saturated rings. The van der Waals surface area contributed by atoms with E-state index in [2.05, 4.69) is 15.4 Å². The van der Waals surface area contributed by atoms with Gasteiger partial charge in [-0.05, 0) is 42.2 Å². The summed E-state index contributed by atoms with van der Waals surface area (Å²) in [6.45, 7) is 0.957. The molecule has 0 aliphatic carbocycles. The molecule has 0 radical (unpaired) electrons. The Labute approximate surface area is 174 Å². The molecule has 0 saturated heterocycles. The van der Waals surface area contributed by atoms with Crippen molar-refractivity contribution in [2.45, 2.75) is 44.8 Å². The van der Waals surface area contributed by atoms with Crippen LogP contribution in [-0.2, 0) is 30.7 Å². The Kier molecular flexibility index (Phi) is 5.92. The average molecular weight is 407 g/mol. The van der Waals surface area contributed by atoms with Crippen molar-refractivity contribution in [1.82, 2.24) is 24.6 Å². The summed E-state index contributed by atoms with van der Waals surface area (Å²) in [5.74, 6) is 1.48. The van der Waals surface area contributed by atoms with Gasteiger partial charge in [-0.25, -0.2) is 9.48 Å². The Morgan fingerprint density at radius 3 is 2.90 bits per heavy atom. The minimum Gasteiger partial charge on any atom is -0.497 e. The van der Waals surface area contributed by atoms with Gasteiger partial charge < -0.3 is 10.1 Å². The number of hydrogen-bond donors (Lipinski definition) is 1. The Hall–Kier alpha value is -3.42. The van der Waals surface area contributed by atoms with Crippen LogP contribution in [0.5, 0.6) is 5.75 Å². The fourth-order valence-electron chi connectivity index (χ4n) is 3.79. The van der Waals surface area contributed by atoms with Gasteiger partial charge in [-0.1, -0.05) is 18.2 Å². The summed E-state index contributed by atoms with van der Waals surface area (Å²) in [5, 5.41) is 7.62. The molecule has 30 heavy (non-hydrogen) atoms. The first kappa shape index (κ1) is 19.9. The van der Waals surface area contributed by atoms with E-state index in [1.165, 1.54) is 4.68 Å². The molecule has 0 spiro atoms. The third-order valence-corrected chi connectivity index (χ3v) is 5.34. The number of aryl methyl sites for hydroxylation is 1. The summed E-state index contributed by atoms with van der Waals surface area (Å²) in [6, 6.07) is 11.3. The second kappa shape index (κ2) is 8.94. The smallest absolute Gasteiger partial charge is 0.346 e. The number of hydrogen-bond acceptors (Lipinski definition) is 5. The first-order valence-electron chi connectivity index (χ1n) is 10.1. The van der Waals surface area contributed by atoms with E-state index in [-0.39, 0.29) is 17.6 Å². The Morgan fingerprint density at radius 1 is 1.23 bits per heavy atom. The SMILES string of the molecule is COc1cccc(CC(=O)NC2CCc3nn(Cc4cccnc4)c(=O)n3CC2)c1. The molecule has 2 aromatic heterocycles. The van der Waals surface area contributed by atoms with Crippen LogP contribution in [0.1, 0.15) is 29.8 Å². The molecular formula is C22H25N5O3. The number of benzene rings is 1. The second-order valence-corrected chi connectivity index (χ2v) is 7.49. The van der Waals surface area contributed by atoms with Crippen LogP contribution in [0.2, 0.25) is 0 Å². The van der Waals surface area contributed by atoms with Gasteiger partial charge in [0.1, 0.15) is 11.6 Å². The van der Waals surface area contributed by atoms with Gasteiger partial charge in [0.15, 0.2) is 0 Å². The van der Waals surface area contributed by atoms with Gasteiger partial charge in [-0.3, -0.25) is 14.3 Å². The van der Waals surface area contributed by atoms with Crippen LogP contribution in [0.15, 0.2) is 53.6 Å². The van der Waals surface area contributed by atoms with Crippen LogP contribution in [0.3, 0.4) is 0 Å². The largest absolute Gasteiger partial charge is 0.497 e. The van der Waals surface area contributed by atoms with Gasteiger partial charge in [0.25, 0.3) is 0 Å². The normalized spacial score (nSPS) is 15.8. The molecule has 156 valence electrons. The molecule has 0 bridgehead atoms. The minimum atomic E-state index is -0.114. The number of nitrogens with one attached hydrogen (secondary N) is 1. The fourth-order valence-corrected chi connectivity index (χ4v) is 3.79. The molecule has 1 aliphatic rings. The van der Waals surface area contributed by atoms with Crippen molar-refractivity contribution in [2.24, 2.45) is 0 Å². The van der Waals surface area contributed by atoms with Crippen LogP contribution in [0.4, 0.5) is 0 Å². The lowest BCUT2D eigenvalue weighted by molar-refractivity contribution is -0.121. The maximum Gasteiger partial charge on any atom is 0.346 e. The van der Waals surface area contributed by atoms with Crippen molar-refractivity contribution in [3.8, 4) is 5.75 Å². The number of carbonyl (C=O) groups excluding carboxylic acids is 1. The zero-order valence-corrected chi connectivity index (χ0v) is 17.0. The molecule has 0 saturated carbocycles. The average Bonchev–Trinajstić information content (AvgIpc) is 2.92. The lowest BCUT2D eigenvalue weighted by atomic mass is 10.1. The van der Waals surface area contributed by atoms with E-state index in [0.29, 0.717) is 32.4 Å². The molecule has 3 aromatic rings. The van der Waals surface area contributed by atoms with E-state index in [4.69, 9.17) is 4.74 Å². The molecule has 1 N–H and O–H groups in total. The number of pyridine rings is 1. The Bertz CT molecular complexity index is 1070. The van der Waals surface area contributed by atoms with E-state index in [1.54, 1.807) is 24.1 Å². The predicted octanol–water partition coefficient (Wildman–Crippen LogP) is 1.56. The van der Waals surface area contributed by atoms with Crippen molar-refractivity contribution in [3.05, 3.63) is 76.2 Å². The number of carbonyl (C=O) groups is 1. The number of methoxy groups -OCH3 is 1. The van der Waals surface area contributed by atoms with Gasteiger partial charge in [0.2, 0.25) is 5.91 Å². The standard InChI is InChI=1S/C22H25N5O3/c1-30-19-6-2-4-16(12-19)13-21(28)24-18-7-8-20-25-27(22(29)26(20)11-9-18)15-17-5-3-10-23-14-17/h2-6,10,12,14,18H,7-9,11,13,15H2,1H3,(H,24,28). The Morgan fingerprint density at radius 2 is 2.10 bits per heavy atom. The van der Waals surface area contributed by atoms with Gasteiger partial charge in [-0.2, -0.15) is 5.10 Å². The number of rotatable bonds is 6. The van der Waals surface area contributed by atoms with Crippen LogP contribution < -0.4 is 15.7 Å². The molecule has 1 atom stereocenters. The predicted molar refractivity (Wildman–Crippen MR) is 111 cm³/mol. The Balaban J connectivity index is 1.36. The van der Waals surface area contributed by atoms with Crippen molar-refractivity contribution < 1.29 is 9.53 Å². The number of nitrogens with zero attached hydrogens (tertiary/aromatic N) is 4. The van der Waals surface area contributed by atoms with Crippen molar-refractivity contribution in [2.75, 3.05) is 7.11 Å². The highest BCUT2D eigenvalue weighted by Crippen LogP contribution is 2.15. The minimum absolute atomic E-state index is 0.0241. The summed E-state index contributed by atoms with van der Waals surface area (Å²) in [6.07, 6.45) is 5.86. The molecular weight excluding hydrogens is 382 g/mol. The monoisotopic (exact) mass is 407 g/mol. The number of ether oxygens (including phenoxy) is 1. The molecule has 8 heteroatoms. The summed E-state index contributed by atoms with van der Waals surface area (Å²) in [5.41, 5.74) is 1.74. The number of fused-ring (bicyclic) bond motifs is 1. The second-order valence-electron chi connectivity index (χ2n) is 7.49. The summed E-state index contributed by atoms with van der Waals surface area (Å²) < 4.78 is 8.43. The highest BCUT2D eigenvalue weighted by atomic mass is 16.5. The summed E-state index contributed by atoms with van der Waals surface area (Å²) in [4.78, 5) is 29.3. The maximum absolute atomic E-state index is 12.7. The zero-order valence-electron chi connectivity index (χ0n) is 17.0. The lowest BCUT2D eigenvalue weighted by Crippen LogP contribution is -2.36. The molecule has 1 unspecified atom stereocenters. The van der Waals surface area contributed by atoms with E-state index in [0.717, 1.165) is 29.1 Å². The van der Waals surface area contributed by atoms with Gasteiger partial charge in [-0.15, -0.1) is 0 Å². The van der Waals surface area contributed by atoms with E-state index in [1.807, 2.05) is 36.4 Å². The third-order valence-electron chi connectivity index (χ3n) is 5.34. The van der Waals surface area contributed by atoms with Crippen molar-refractivity contribution >= 4 is 5.91 Å². The van der Waals surface area contributed by atoms with Gasteiger partial charge >= 0.3 is 5.69 Å². The zero-order chi connectivity index (χ0) is 20.9. The molecule has 1 aromatic carbocycles. The van der Waals surface area contributed by atoms with Crippen LogP contribution in [0.25, 0.3) is 0 Å². The van der Waals surface area contributed by atoms with Crippen molar-refractivity contribution in [1.29, 1.82) is 0 Å². The number of amides is 1. The van der Waals surface area contributed by atoms with Crippen LogP contribution >= 0.6 is 0 Å². The fraction of sp³-hybridized carbons (Fsp3) is 0.364. The maximum atomic E-state index is 12.7. The van der Waals surface area contributed by atoms with Gasteiger partial charge in [0.05, 0.1) is 20.1 Å². The lowest BCUT2D eigenvalue weighted by Gasteiger charge is -2.16. The molecule has 3 heterocycles. The van der Waals surface area contributed by atoms with E-state index >= 15 is 0 Å². The molecule has 1 aliphatic heterocycles. The topological polar surface area (TPSA) is 91.0 Å². The molecule has 1 amide bonds. The van der Waals surface area contributed by atoms with Crippen molar-refractivity contribution in [3.63, 3.8) is 0 Å². The first-order chi connectivity index (χ1) is 14.6. The van der Waals surface area contributed by atoms with Crippen LogP contribution in [-0.4, -0.2) is 38.4 Å². The summed E-state index contributed by atoms with van der Waals surface area (Å²) in [7, 11) is 1.61. The van der Waals surface area contributed by atoms with Crippen LogP contribution in [0, 0.1) is 0 Å². The van der Waals surface area contributed by atoms with Gasteiger partial charge in [0, 0.05) is 31.4 Å². The molecule has 8 nitrogen and oxygen atoms in total. The highest BCUT2D eigenvalue weighted by molar-refractivity contribution is 5.79. The summed E-state index contributed by atoms with van der Waals surface area (Å²) >= 11 is 0. The quantitative estimate of drug-likeness (QED) is 0.670. The number of aromatic nitrogens is 4. The molecule has 4 rings (SSSR count).